The molecule has 28 heavy (non-hydrogen) atoms. The molecule has 2 aromatic carbocycles. The molecule has 0 unspecified atom stereocenters. The van der Waals surface area contributed by atoms with Crippen LogP contribution in [0.4, 0.5) is 0 Å². The molecular formula is C21H14ClNO4S. The lowest BCUT2D eigenvalue weighted by atomic mass is 10.1. The lowest BCUT2D eigenvalue weighted by Crippen LogP contribution is -2.10. The molecule has 0 aliphatic carbocycles. The Balaban J connectivity index is 1.72. The second-order valence-electron chi connectivity index (χ2n) is 6.23. The van der Waals surface area contributed by atoms with Gasteiger partial charge in [0.15, 0.2) is 0 Å². The number of esters is 1. The monoisotopic (exact) mass is 411 g/mol. The summed E-state index contributed by atoms with van der Waals surface area (Å²) >= 11 is 7.23. The van der Waals surface area contributed by atoms with E-state index < -0.39 is 5.97 Å². The van der Waals surface area contributed by atoms with Gasteiger partial charge < -0.3 is 9.15 Å². The highest BCUT2D eigenvalue weighted by Crippen LogP contribution is 2.29. The number of hydrogen-bond acceptors (Lipinski definition) is 6. The maximum absolute atomic E-state index is 12.9. The van der Waals surface area contributed by atoms with E-state index in [1.165, 1.54) is 17.6 Å². The summed E-state index contributed by atoms with van der Waals surface area (Å²) < 4.78 is 11.2. The second kappa shape index (κ2) is 7.22. The summed E-state index contributed by atoms with van der Waals surface area (Å²) in [7, 11) is 0. The smallest absolute Gasteiger partial charge is 0.343 e. The molecule has 4 aromatic rings. The second-order valence-corrected chi connectivity index (χ2v) is 7.53. The number of carbonyl (C=O) groups excluding carboxylic acids is 1. The molecule has 0 spiro atoms. The van der Waals surface area contributed by atoms with E-state index in [0.717, 1.165) is 5.69 Å². The summed E-state index contributed by atoms with van der Waals surface area (Å²) in [6.45, 7) is 3.61. The van der Waals surface area contributed by atoms with Crippen molar-refractivity contribution in [2.24, 2.45) is 0 Å². The number of thiazole rings is 1. The van der Waals surface area contributed by atoms with Gasteiger partial charge in [-0.25, -0.2) is 9.78 Å². The topological polar surface area (TPSA) is 69.4 Å². The molecule has 0 aliphatic rings. The van der Waals surface area contributed by atoms with E-state index >= 15 is 0 Å². The van der Waals surface area contributed by atoms with Gasteiger partial charge in [-0.2, -0.15) is 0 Å². The van der Waals surface area contributed by atoms with Crippen molar-refractivity contribution in [1.29, 1.82) is 0 Å². The van der Waals surface area contributed by atoms with Crippen molar-refractivity contribution in [2.75, 3.05) is 0 Å². The third-order valence-corrected chi connectivity index (χ3v) is 5.52. The third kappa shape index (κ3) is 3.32. The standard InChI is InChI=1S/C21H14ClNO4S/c1-11-10-28-20(23-11)16-9-26-19-12(2)17(8-7-15(19)18(16)24)27-21(25)13-3-5-14(22)6-4-13/h3-10H,1-2H3. The Hall–Kier alpha value is -2.96. The van der Waals surface area contributed by atoms with Crippen LogP contribution in [0.2, 0.25) is 5.02 Å². The van der Waals surface area contributed by atoms with Crippen LogP contribution in [0, 0.1) is 13.8 Å². The minimum absolute atomic E-state index is 0.172. The van der Waals surface area contributed by atoms with Crippen LogP contribution < -0.4 is 10.2 Å². The zero-order valence-electron chi connectivity index (χ0n) is 15.0. The molecule has 0 N–H and O–H groups in total. The molecule has 0 amide bonds. The van der Waals surface area contributed by atoms with Gasteiger partial charge in [0, 0.05) is 21.7 Å². The molecular weight excluding hydrogens is 398 g/mol. The molecule has 0 fully saturated rings. The van der Waals surface area contributed by atoms with Crippen molar-refractivity contribution in [1.82, 2.24) is 4.98 Å². The summed E-state index contributed by atoms with van der Waals surface area (Å²) in [5, 5.41) is 3.44. The number of ether oxygens (including phenoxy) is 1. The Morgan fingerprint density at radius 3 is 2.57 bits per heavy atom. The highest BCUT2D eigenvalue weighted by atomic mass is 35.5. The van der Waals surface area contributed by atoms with Gasteiger partial charge in [0.05, 0.1) is 16.5 Å². The van der Waals surface area contributed by atoms with Crippen LogP contribution in [0.5, 0.6) is 5.75 Å². The SMILES string of the molecule is Cc1csc(-c2coc3c(C)c(OC(=O)c4ccc(Cl)cc4)ccc3c2=O)n1. The quantitative estimate of drug-likeness (QED) is 0.333. The number of carbonyl (C=O) groups is 1. The molecule has 2 aromatic heterocycles. The van der Waals surface area contributed by atoms with Crippen LogP contribution in [0.3, 0.4) is 0 Å². The number of hydrogen-bond donors (Lipinski definition) is 0. The molecule has 7 heteroatoms. The van der Waals surface area contributed by atoms with E-state index in [4.69, 9.17) is 20.8 Å². The predicted octanol–water partition coefficient (Wildman–Crippen LogP) is 5.41. The van der Waals surface area contributed by atoms with Crippen molar-refractivity contribution in [2.45, 2.75) is 13.8 Å². The largest absolute Gasteiger partial charge is 0.463 e. The lowest BCUT2D eigenvalue weighted by molar-refractivity contribution is 0.0733. The molecule has 4 rings (SSSR count). The molecule has 2 heterocycles. The summed E-state index contributed by atoms with van der Waals surface area (Å²) in [5.74, 6) is -0.190. The molecule has 5 nitrogen and oxygen atoms in total. The first-order chi connectivity index (χ1) is 13.4. The van der Waals surface area contributed by atoms with Gasteiger partial charge in [-0.15, -0.1) is 11.3 Å². The number of halogens is 1. The summed E-state index contributed by atoms with van der Waals surface area (Å²) in [6, 6.07) is 9.60. The normalized spacial score (nSPS) is 11.0. The maximum Gasteiger partial charge on any atom is 0.343 e. The van der Waals surface area contributed by atoms with Crippen molar-refractivity contribution in [3.63, 3.8) is 0 Å². The summed E-state index contributed by atoms with van der Waals surface area (Å²) in [5.41, 5.74) is 2.41. The van der Waals surface area contributed by atoms with Gasteiger partial charge in [0.1, 0.15) is 22.6 Å². The predicted molar refractivity (Wildman–Crippen MR) is 109 cm³/mol. The van der Waals surface area contributed by atoms with Crippen molar-refractivity contribution >= 4 is 39.9 Å². The fourth-order valence-corrected chi connectivity index (χ4v) is 3.73. The van der Waals surface area contributed by atoms with Crippen molar-refractivity contribution in [3.05, 3.63) is 80.1 Å². The van der Waals surface area contributed by atoms with Gasteiger partial charge in [-0.3, -0.25) is 4.79 Å². The summed E-state index contributed by atoms with van der Waals surface area (Å²) in [6.07, 6.45) is 1.40. The third-order valence-electron chi connectivity index (χ3n) is 4.27. The first kappa shape index (κ1) is 18.4. The number of benzene rings is 2. The Morgan fingerprint density at radius 1 is 1.14 bits per heavy atom. The minimum Gasteiger partial charge on any atom is -0.463 e. The Labute approximate surface area is 169 Å². The molecule has 140 valence electrons. The van der Waals surface area contributed by atoms with E-state index in [9.17, 15) is 9.59 Å². The molecule has 0 aliphatic heterocycles. The van der Waals surface area contributed by atoms with Crippen LogP contribution >= 0.6 is 22.9 Å². The Morgan fingerprint density at radius 2 is 1.89 bits per heavy atom. The zero-order chi connectivity index (χ0) is 19.8. The minimum atomic E-state index is -0.517. The van der Waals surface area contributed by atoms with Crippen LogP contribution in [0.25, 0.3) is 21.5 Å². The number of aromatic nitrogens is 1. The number of aryl methyl sites for hydroxylation is 2. The first-order valence-corrected chi connectivity index (χ1v) is 9.65. The molecule has 0 atom stereocenters. The van der Waals surface area contributed by atoms with E-state index in [-0.39, 0.29) is 5.43 Å². The first-order valence-electron chi connectivity index (χ1n) is 8.39. The maximum atomic E-state index is 12.9. The molecule has 0 saturated heterocycles. The summed E-state index contributed by atoms with van der Waals surface area (Å²) in [4.78, 5) is 29.6. The Kier molecular flexibility index (Phi) is 4.75. The van der Waals surface area contributed by atoms with Gasteiger partial charge in [-0.05, 0) is 50.2 Å². The average molecular weight is 412 g/mol. The van der Waals surface area contributed by atoms with Crippen LogP contribution in [0.1, 0.15) is 21.6 Å². The number of nitrogens with zero attached hydrogens (tertiary/aromatic N) is 1. The van der Waals surface area contributed by atoms with Gasteiger partial charge in [0.25, 0.3) is 0 Å². The number of rotatable bonds is 3. The van der Waals surface area contributed by atoms with Gasteiger partial charge in [0.2, 0.25) is 5.43 Å². The van der Waals surface area contributed by atoms with Crippen LogP contribution in [0.15, 0.2) is 57.3 Å². The van der Waals surface area contributed by atoms with Crippen LogP contribution in [-0.4, -0.2) is 11.0 Å². The zero-order valence-corrected chi connectivity index (χ0v) is 16.6. The van der Waals surface area contributed by atoms with Gasteiger partial charge in [-0.1, -0.05) is 11.6 Å². The number of fused-ring (bicyclic) bond motifs is 1. The van der Waals surface area contributed by atoms with E-state index in [0.29, 0.717) is 43.4 Å². The van der Waals surface area contributed by atoms with Crippen molar-refractivity contribution in [3.8, 4) is 16.3 Å². The van der Waals surface area contributed by atoms with E-state index in [1.54, 1.807) is 43.3 Å². The van der Waals surface area contributed by atoms with E-state index in [1.807, 2.05) is 12.3 Å². The molecule has 0 radical (unpaired) electrons. The Bertz CT molecular complexity index is 1260. The fourth-order valence-electron chi connectivity index (χ4n) is 2.80. The molecule has 0 bridgehead atoms. The lowest BCUT2D eigenvalue weighted by Gasteiger charge is -2.09. The van der Waals surface area contributed by atoms with Gasteiger partial charge >= 0.3 is 5.97 Å². The van der Waals surface area contributed by atoms with Crippen LogP contribution in [-0.2, 0) is 0 Å². The fraction of sp³-hybridized carbons (Fsp3) is 0.0952. The highest BCUT2D eigenvalue weighted by molar-refractivity contribution is 7.13. The van der Waals surface area contributed by atoms with Crippen molar-refractivity contribution < 1.29 is 13.9 Å². The highest BCUT2D eigenvalue weighted by Gasteiger charge is 2.17. The van der Waals surface area contributed by atoms with E-state index in [2.05, 4.69) is 4.98 Å². The molecule has 0 saturated carbocycles. The average Bonchev–Trinajstić information content (AvgIpc) is 3.11.